The summed E-state index contributed by atoms with van der Waals surface area (Å²) in [5.74, 6) is 0.446. The Morgan fingerprint density at radius 2 is 2.00 bits per heavy atom. The van der Waals surface area contributed by atoms with Crippen LogP contribution in [0.15, 0.2) is 52.0 Å². The normalized spacial score (nSPS) is 10.7. The maximum Gasteiger partial charge on any atom is 0.271 e. The molecule has 5 heteroatoms. The van der Waals surface area contributed by atoms with Crippen molar-refractivity contribution < 1.29 is 9.53 Å². The number of carbonyl (C=O) groups excluding carboxylic acids is 1. The van der Waals surface area contributed by atoms with Gasteiger partial charge in [0.05, 0.1) is 13.3 Å². The van der Waals surface area contributed by atoms with Gasteiger partial charge in [-0.25, -0.2) is 5.43 Å². The van der Waals surface area contributed by atoms with Crippen LogP contribution in [0.1, 0.15) is 28.4 Å². The number of aryl methyl sites for hydroxylation is 1. The number of hydrogen-bond acceptors (Lipinski definition) is 3. The van der Waals surface area contributed by atoms with Crippen LogP contribution in [0.25, 0.3) is 0 Å². The van der Waals surface area contributed by atoms with Crippen molar-refractivity contribution in [3.63, 3.8) is 0 Å². The van der Waals surface area contributed by atoms with Crippen molar-refractivity contribution >= 4 is 28.1 Å². The standard InChI is InChI=1S/C17H17BrN2O2/c1-3-12-4-6-13(7-5-12)17(21)20-19-11-14-10-15(18)8-9-16(14)22-2/h4-11H,3H2,1-2H3,(H,20,21)/b19-11-. The van der Waals surface area contributed by atoms with Gasteiger partial charge in [0.15, 0.2) is 0 Å². The zero-order chi connectivity index (χ0) is 15.9. The molecule has 0 aliphatic carbocycles. The van der Waals surface area contributed by atoms with E-state index in [4.69, 9.17) is 4.74 Å². The van der Waals surface area contributed by atoms with Gasteiger partial charge in [-0.3, -0.25) is 4.79 Å². The van der Waals surface area contributed by atoms with E-state index in [-0.39, 0.29) is 5.91 Å². The Kier molecular flexibility index (Phi) is 5.72. The lowest BCUT2D eigenvalue weighted by atomic mass is 10.1. The third-order valence-electron chi connectivity index (χ3n) is 3.19. The van der Waals surface area contributed by atoms with Crippen LogP contribution in [0.2, 0.25) is 0 Å². The zero-order valence-corrected chi connectivity index (χ0v) is 14.1. The highest BCUT2D eigenvalue weighted by Crippen LogP contribution is 2.21. The van der Waals surface area contributed by atoms with Gasteiger partial charge in [0, 0.05) is 15.6 Å². The van der Waals surface area contributed by atoms with Crippen molar-refractivity contribution in [2.45, 2.75) is 13.3 Å². The molecule has 2 aromatic rings. The highest BCUT2D eigenvalue weighted by molar-refractivity contribution is 9.10. The number of carbonyl (C=O) groups is 1. The predicted molar refractivity (Wildman–Crippen MR) is 91.6 cm³/mol. The molecule has 0 fully saturated rings. The molecule has 2 aromatic carbocycles. The lowest BCUT2D eigenvalue weighted by Gasteiger charge is -2.05. The average molecular weight is 361 g/mol. The molecule has 1 N–H and O–H groups in total. The first-order chi connectivity index (χ1) is 10.6. The molecule has 114 valence electrons. The van der Waals surface area contributed by atoms with Crippen molar-refractivity contribution in [2.24, 2.45) is 5.10 Å². The first kappa shape index (κ1) is 16.2. The quantitative estimate of drug-likeness (QED) is 0.651. The molecule has 0 aliphatic rings. The van der Waals surface area contributed by atoms with E-state index in [1.807, 2.05) is 30.3 Å². The summed E-state index contributed by atoms with van der Waals surface area (Å²) < 4.78 is 6.16. The van der Waals surface area contributed by atoms with Crippen LogP contribution < -0.4 is 10.2 Å². The summed E-state index contributed by atoms with van der Waals surface area (Å²) in [6.45, 7) is 2.07. The molecule has 2 rings (SSSR count). The van der Waals surface area contributed by atoms with E-state index >= 15 is 0 Å². The minimum atomic E-state index is -0.243. The monoisotopic (exact) mass is 360 g/mol. The van der Waals surface area contributed by atoms with Crippen LogP contribution in [0.5, 0.6) is 5.75 Å². The fourth-order valence-electron chi connectivity index (χ4n) is 1.92. The summed E-state index contributed by atoms with van der Waals surface area (Å²) in [4.78, 5) is 12.0. The number of hydrazone groups is 1. The van der Waals surface area contributed by atoms with E-state index in [2.05, 4.69) is 33.4 Å². The Balaban J connectivity index is 2.05. The molecule has 0 unspecified atom stereocenters. The maximum atomic E-state index is 12.0. The second-order valence-corrected chi connectivity index (χ2v) is 5.55. The molecule has 0 atom stereocenters. The largest absolute Gasteiger partial charge is 0.496 e. The summed E-state index contributed by atoms with van der Waals surface area (Å²) in [6, 6.07) is 13.0. The second-order valence-electron chi connectivity index (χ2n) is 4.64. The molecule has 0 saturated heterocycles. The number of nitrogens with zero attached hydrogens (tertiary/aromatic N) is 1. The maximum absolute atomic E-state index is 12.0. The Bertz CT molecular complexity index is 682. The number of nitrogens with one attached hydrogen (secondary N) is 1. The first-order valence-corrected chi connectivity index (χ1v) is 7.69. The van der Waals surface area contributed by atoms with Gasteiger partial charge in [-0.2, -0.15) is 5.10 Å². The molecule has 0 aliphatic heterocycles. The van der Waals surface area contributed by atoms with Gasteiger partial charge < -0.3 is 4.74 Å². The average Bonchev–Trinajstić information content (AvgIpc) is 2.55. The van der Waals surface area contributed by atoms with Crippen LogP contribution in [-0.4, -0.2) is 19.2 Å². The first-order valence-electron chi connectivity index (χ1n) is 6.90. The van der Waals surface area contributed by atoms with Gasteiger partial charge in [0.25, 0.3) is 5.91 Å². The Hall–Kier alpha value is -2.14. The minimum absolute atomic E-state index is 0.243. The second kappa shape index (κ2) is 7.75. The van der Waals surface area contributed by atoms with Crippen molar-refractivity contribution in [1.29, 1.82) is 0 Å². The zero-order valence-electron chi connectivity index (χ0n) is 12.5. The molecule has 0 bridgehead atoms. The Morgan fingerprint density at radius 3 is 2.64 bits per heavy atom. The number of halogens is 1. The molecule has 0 radical (unpaired) electrons. The van der Waals surface area contributed by atoms with Gasteiger partial charge in [0.2, 0.25) is 0 Å². The summed E-state index contributed by atoms with van der Waals surface area (Å²) in [5.41, 5.74) is 5.06. The number of methoxy groups -OCH3 is 1. The van der Waals surface area contributed by atoms with E-state index in [9.17, 15) is 4.79 Å². The predicted octanol–water partition coefficient (Wildman–Crippen LogP) is 3.78. The SMILES string of the molecule is CCc1ccc(C(=O)N/N=C\c2cc(Br)ccc2OC)cc1. The molecule has 22 heavy (non-hydrogen) atoms. The van der Waals surface area contributed by atoms with Gasteiger partial charge >= 0.3 is 0 Å². The van der Waals surface area contributed by atoms with Crippen LogP contribution in [0, 0.1) is 0 Å². The van der Waals surface area contributed by atoms with Crippen molar-refractivity contribution in [2.75, 3.05) is 7.11 Å². The number of hydrogen-bond donors (Lipinski definition) is 1. The Morgan fingerprint density at radius 1 is 1.27 bits per heavy atom. The highest BCUT2D eigenvalue weighted by Gasteiger charge is 2.04. The lowest BCUT2D eigenvalue weighted by Crippen LogP contribution is -2.17. The summed E-state index contributed by atoms with van der Waals surface area (Å²) in [5, 5.41) is 3.98. The molecule has 0 spiro atoms. The molecule has 4 nitrogen and oxygen atoms in total. The van der Waals surface area contributed by atoms with Crippen molar-refractivity contribution in [3.8, 4) is 5.75 Å². The number of amides is 1. The molecular formula is C17H17BrN2O2. The van der Waals surface area contributed by atoms with E-state index in [0.29, 0.717) is 11.3 Å². The summed E-state index contributed by atoms with van der Waals surface area (Å²) >= 11 is 3.39. The smallest absolute Gasteiger partial charge is 0.271 e. The molecular weight excluding hydrogens is 344 g/mol. The van der Waals surface area contributed by atoms with Gasteiger partial charge in [-0.1, -0.05) is 35.0 Å². The van der Waals surface area contributed by atoms with E-state index < -0.39 is 0 Å². The van der Waals surface area contributed by atoms with Crippen LogP contribution in [0.3, 0.4) is 0 Å². The fourth-order valence-corrected chi connectivity index (χ4v) is 2.30. The van der Waals surface area contributed by atoms with Crippen molar-refractivity contribution in [1.82, 2.24) is 5.43 Å². The summed E-state index contributed by atoms with van der Waals surface area (Å²) in [6.07, 6.45) is 2.50. The van der Waals surface area contributed by atoms with E-state index in [1.165, 1.54) is 5.56 Å². The number of benzene rings is 2. The third-order valence-corrected chi connectivity index (χ3v) is 3.68. The molecule has 0 heterocycles. The molecule has 0 saturated carbocycles. The number of ether oxygens (including phenoxy) is 1. The van der Waals surface area contributed by atoms with Crippen LogP contribution in [0.4, 0.5) is 0 Å². The highest BCUT2D eigenvalue weighted by atomic mass is 79.9. The van der Waals surface area contributed by atoms with Crippen LogP contribution >= 0.6 is 15.9 Å². The van der Waals surface area contributed by atoms with Gasteiger partial charge in [-0.05, 0) is 42.3 Å². The minimum Gasteiger partial charge on any atom is -0.496 e. The van der Waals surface area contributed by atoms with Gasteiger partial charge in [-0.15, -0.1) is 0 Å². The molecule has 0 aromatic heterocycles. The third kappa shape index (κ3) is 4.18. The number of rotatable bonds is 5. The summed E-state index contributed by atoms with van der Waals surface area (Å²) in [7, 11) is 1.59. The van der Waals surface area contributed by atoms with Crippen LogP contribution in [-0.2, 0) is 6.42 Å². The molecule has 1 amide bonds. The van der Waals surface area contributed by atoms with Crippen molar-refractivity contribution in [3.05, 3.63) is 63.6 Å². The van der Waals surface area contributed by atoms with E-state index in [1.54, 1.807) is 25.5 Å². The fraction of sp³-hybridized carbons (Fsp3) is 0.176. The Labute approximate surface area is 138 Å². The lowest BCUT2D eigenvalue weighted by molar-refractivity contribution is 0.0955. The topological polar surface area (TPSA) is 50.7 Å². The van der Waals surface area contributed by atoms with E-state index in [0.717, 1.165) is 16.5 Å². The van der Waals surface area contributed by atoms with Gasteiger partial charge in [0.1, 0.15) is 5.75 Å².